The zero-order chi connectivity index (χ0) is 33.6. The van der Waals surface area contributed by atoms with Crippen LogP contribution in [0.25, 0.3) is 32.9 Å². The SMILES string of the molecule is CC(C)(C)OC(=O)N(CCC(=O)NCCCNc1nc2cc(C(=O)O)ccc2c2cn[nH]c12)Cc1ccc(-c2ccccc2)c(Cl)c1. The van der Waals surface area contributed by atoms with E-state index in [-0.39, 0.29) is 31.0 Å². The number of amides is 2. The van der Waals surface area contributed by atoms with Crippen LogP contribution in [0.5, 0.6) is 0 Å². The Hall–Kier alpha value is -5.16. The minimum atomic E-state index is -1.03. The van der Waals surface area contributed by atoms with Crippen molar-refractivity contribution >= 4 is 57.2 Å². The number of carboxylic acid groups (broad SMARTS) is 1. The number of carbonyl (C=O) groups excluding carboxylic acids is 2. The number of nitrogens with one attached hydrogen (secondary N) is 3. The fraction of sp³-hybridized carbons (Fsp3) is 0.286. The average molecular weight is 657 g/mol. The monoisotopic (exact) mass is 656 g/mol. The molecule has 0 fully saturated rings. The number of carboxylic acids is 1. The van der Waals surface area contributed by atoms with E-state index in [0.29, 0.717) is 41.4 Å². The Morgan fingerprint density at radius 1 is 1.00 bits per heavy atom. The van der Waals surface area contributed by atoms with Crippen molar-refractivity contribution in [3.8, 4) is 11.1 Å². The number of hydrogen-bond donors (Lipinski definition) is 4. The van der Waals surface area contributed by atoms with Gasteiger partial charge < -0.3 is 25.4 Å². The van der Waals surface area contributed by atoms with Gasteiger partial charge >= 0.3 is 12.1 Å². The maximum Gasteiger partial charge on any atom is 0.410 e. The van der Waals surface area contributed by atoms with Gasteiger partial charge in [0.25, 0.3) is 0 Å². The number of fused-ring (bicyclic) bond motifs is 3. The van der Waals surface area contributed by atoms with E-state index in [1.54, 1.807) is 39.1 Å². The van der Waals surface area contributed by atoms with E-state index >= 15 is 0 Å². The molecular weight excluding hydrogens is 620 g/mol. The van der Waals surface area contributed by atoms with Crippen molar-refractivity contribution in [2.45, 2.75) is 45.8 Å². The molecule has 0 aliphatic heterocycles. The molecule has 0 aliphatic carbocycles. The van der Waals surface area contributed by atoms with E-state index in [1.165, 1.54) is 11.0 Å². The summed E-state index contributed by atoms with van der Waals surface area (Å²) in [7, 11) is 0. The molecule has 2 amide bonds. The number of benzene rings is 3. The van der Waals surface area contributed by atoms with Crippen molar-refractivity contribution in [1.29, 1.82) is 0 Å². The van der Waals surface area contributed by atoms with Gasteiger partial charge in [-0.25, -0.2) is 14.6 Å². The van der Waals surface area contributed by atoms with E-state index in [0.717, 1.165) is 27.5 Å². The highest BCUT2D eigenvalue weighted by molar-refractivity contribution is 6.33. The van der Waals surface area contributed by atoms with E-state index in [2.05, 4.69) is 25.8 Å². The van der Waals surface area contributed by atoms with Crippen LogP contribution < -0.4 is 10.6 Å². The third-order valence-corrected chi connectivity index (χ3v) is 7.68. The summed E-state index contributed by atoms with van der Waals surface area (Å²) in [6.07, 6.45) is 1.86. The van der Waals surface area contributed by atoms with Gasteiger partial charge in [0.15, 0.2) is 5.82 Å². The number of halogens is 1. The number of pyridine rings is 1. The van der Waals surface area contributed by atoms with E-state index in [1.807, 2.05) is 48.5 Å². The van der Waals surface area contributed by atoms with Crippen LogP contribution in [-0.4, -0.2) is 68.4 Å². The summed E-state index contributed by atoms with van der Waals surface area (Å²) >= 11 is 6.61. The topological polar surface area (TPSA) is 150 Å². The number of nitrogens with zero attached hydrogens (tertiary/aromatic N) is 3. The van der Waals surface area contributed by atoms with Crippen molar-refractivity contribution in [3.05, 3.63) is 89.1 Å². The number of hydrogen-bond acceptors (Lipinski definition) is 7. The predicted molar refractivity (Wildman–Crippen MR) is 183 cm³/mol. The lowest BCUT2D eigenvalue weighted by atomic mass is 10.0. The summed E-state index contributed by atoms with van der Waals surface area (Å²) in [6.45, 7) is 6.69. The number of aromatic carboxylic acids is 1. The molecule has 47 heavy (non-hydrogen) atoms. The zero-order valence-corrected chi connectivity index (χ0v) is 27.2. The fourth-order valence-electron chi connectivity index (χ4n) is 5.10. The molecule has 0 saturated carbocycles. The zero-order valence-electron chi connectivity index (χ0n) is 26.5. The first-order chi connectivity index (χ1) is 22.5. The van der Waals surface area contributed by atoms with Gasteiger partial charge in [-0.2, -0.15) is 5.10 Å². The molecule has 12 heteroatoms. The predicted octanol–water partition coefficient (Wildman–Crippen LogP) is 6.88. The average Bonchev–Trinajstić information content (AvgIpc) is 3.53. The first kappa shape index (κ1) is 33.2. The van der Waals surface area contributed by atoms with Crippen LogP contribution in [0.4, 0.5) is 10.6 Å². The molecule has 0 atom stereocenters. The third kappa shape index (κ3) is 8.56. The highest BCUT2D eigenvalue weighted by atomic mass is 35.5. The Morgan fingerprint density at radius 2 is 1.79 bits per heavy atom. The van der Waals surface area contributed by atoms with Crippen molar-refractivity contribution in [2.75, 3.05) is 25.0 Å². The molecule has 3 aromatic carbocycles. The Kier molecular flexibility index (Phi) is 10.3. The molecule has 4 N–H and O–H groups in total. The van der Waals surface area contributed by atoms with Crippen LogP contribution in [0.2, 0.25) is 5.02 Å². The molecule has 5 rings (SSSR count). The number of ether oxygens (including phenoxy) is 1. The van der Waals surface area contributed by atoms with Gasteiger partial charge in [-0.3, -0.25) is 9.89 Å². The second-order valence-corrected chi connectivity index (χ2v) is 12.5. The first-order valence-electron chi connectivity index (χ1n) is 15.3. The van der Waals surface area contributed by atoms with E-state index < -0.39 is 17.7 Å². The van der Waals surface area contributed by atoms with Crippen LogP contribution in [0, 0.1) is 0 Å². The molecule has 0 spiro atoms. The van der Waals surface area contributed by atoms with Gasteiger partial charge in [-0.15, -0.1) is 0 Å². The summed E-state index contributed by atoms with van der Waals surface area (Å²) in [4.78, 5) is 43.4. The van der Waals surface area contributed by atoms with Crippen LogP contribution >= 0.6 is 11.6 Å². The number of anilines is 1. The summed E-state index contributed by atoms with van der Waals surface area (Å²) in [5, 5.41) is 24.8. The highest BCUT2D eigenvalue weighted by Crippen LogP contribution is 2.30. The quantitative estimate of drug-likeness (QED) is 0.106. The van der Waals surface area contributed by atoms with Gasteiger partial charge in [0.05, 0.1) is 17.3 Å². The van der Waals surface area contributed by atoms with E-state index in [4.69, 9.17) is 16.3 Å². The summed E-state index contributed by atoms with van der Waals surface area (Å²) in [5.74, 6) is -0.678. The van der Waals surface area contributed by atoms with Crippen LogP contribution in [0.15, 0.2) is 72.9 Å². The number of rotatable bonds is 12. The normalized spacial score (nSPS) is 11.4. The van der Waals surface area contributed by atoms with Crippen molar-refractivity contribution in [2.24, 2.45) is 0 Å². The van der Waals surface area contributed by atoms with Gasteiger partial charge in [-0.05, 0) is 56.5 Å². The minimum Gasteiger partial charge on any atom is -0.478 e. The maximum atomic E-state index is 13.1. The van der Waals surface area contributed by atoms with Crippen LogP contribution in [0.3, 0.4) is 0 Å². The molecule has 11 nitrogen and oxygen atoms in total. The molecule has 0 unspecified atom stereocenters. The Labute approximate surface area is 277 Å². The largest absolute Gasteiger partial charge is 0.478 e. The molecular formula is C35H37ClN6O5. The van der Waals surface area contributed by atoms with Gasteiger partial charge in [0, 0.05) is 54.0 Å². The molecule has 5 aromatic rings. The highest BCUT2D eigenvalue weighted by Gasteiger charge is 2.23. The van der Waals surface area contributed by atoms with Gasteiger partial charge in [0.2, 0.25) is 5.91 Å². The number of H-pyrrole nitrogens is 1. The lowest BCUT2D eigenvalue weighted by Crippen LogP contribution is -2.39. The number of carbonyl (C=O) groups is 3. The molecule has 0 aliphatic rings. The second-order valence-electron chi connectivity index (χ2n) is 12.1. The maximum absolute atomic E-state index is 13.1. The lowest BCUT2D eigenvalue weighted by molar-refractivity contribution is -0.121. The smallest absolute Gasteiger partial charge is 0.410 e. The van der Waals surface area contributed by atoms with Crippen LogP contribution in [-0.2, 0) is 16.1 Å². The Morgan fingerprint density at radius 3 is 2.51 bits per heavy atom. The van der Waals surface area contributed by atoms with Crippen LogP contribution in [0.1, 0.15) is 49.5 Å². The standard InChI is InChI=1S/C35H37ClN6O5/c1-35(2,3)47-34(46)42(21-22-10-12-25(28(36)18-22)23-8-5-4-6-9-23)17-14-30(43)37-15-7-16-38-32-31-27(20-39-41-31)26-13-11-24(33(44)45)19-29(26)40-32/h4-6,8-13,18-20H,7,14-17,21H2,1-3H3,(H,37,43)(H,38,40)(H,39,41)(H,44,45). The number of aromatic amines is 1. The molecule has 0 radical (unpaired) electrons. The Balaban J connectivity index is 1.15. The van der Waals surface area contributed by atoms with Gasteiger partial charge in [0.1, 0.15) is 11.1 Å². The lowest BCUT2D eigenvalue weighted by Gasteiger charge is -2.27. The van der Waals surface area contributed by atoms with E-state index in [9.17, 15) is 19.5 Å². The first-order valence-corrected chi connectivity index (χ1v) is 15.7. The molecule has 0 saturated heterocycles. The Bertz CT molecular complexity index is 1900. The molecule has 2 heterocycles. The third-order valence-electron chi connectivity index (χ3n) is 7.36. The van der Waals surface area contributed by atoms with Crippen molar-refractivity contribution < 1.29 is 24.2 Å². The van der Waals surface area contributed by atoms with Crippen molar-refractivity contribution in [3.63, 3.8) is 0 Å². The fourth-order valence-corrected chi connectivity index (χ4v) is 5.41. The minimum absolute atomic E-state index is 0.0927. The molecule has 2 aromatic heterocycles. The molecule has 244 valence electrons. The van der Waals surface area contributed by atoms with Crippen molar-refractivity contribution in [1.82, 2.24) is 25.4 Å². The second kappa shape index (κ2) is 14.5. The number of aromatic nitrogens is 3. The van der Waals surface area contributed by atoms with Gasteiger partial charge in [-0.1, -0.05) is 60.1 Å². The summed E-state index contributed by atoms with van der Waals surface area (Å²) < 4.78 is 5.62. The summed E-state index contributed by atoms with van der Waals surface area (Å²) in [5.41, 5.74) is 3.42. The molecule has 0 bridgehead atoms. The summed E-state index contributed by atoms with van der Waals surface area (Å²) in [6, 6.07) is 20.3.